The Morgan fingerprint density at radius 1 is 1.20 bits per heavy atom. The van der Waals surface area contributed by atoms with E-state index in [4.69, 9.17) is 0 Å². The Hall–Kier alpha value is -0.930. The fraction of sp³-hybridized carbons (Fsp3) is 0.647. The Morgan fingerprint density at radius 2 is 2.05 bits per heavy atom. The molecule has 0 saturated carbocycles. The Bertz CT molecular complexity index is 441. The van der Waals surface area contributed by atoms with Crippen molar-refractivity contribution in [1.82, 2.24) is 10.2 Å². The number of likely N-dealkylation sites (tertiary alicyclic amines) is 1. The molecule has 2 nitrogen and oxygen atoms in total. The van der Waals surface area contributed by atoms with Crippen LogP contribution in [0.15, 0.2) is 18.2 Å². The number of hydrogen-bond acceptors (Lipinski definition) is 2. The highest BCUT2D eigenvalue weighted by Crippen LogP contribution is 2.32. The normalized spacial score (nSPS) is 22.9. The molecule has 20 heavy (non-hydrogen) atoms. The van der Waals surface area contributed by atoms with E-state index in [2.05, 4.69) is 16.3 Å². The molecule has 1 aliphatic heterocycles. The molecule has 1 aromatic rings. The summed E-state index contributed by atoms with van der Waals surface area (Å²) in [6.45, 7) is 4.79. The third kappa shape index (κ3) is 3.21. The summed E-state index contributed by atoms with van der Waals surface area (Å²) in [6.07, 6.45) is 7.25. The van der Waals surface area contributed by atoms with Gasteiger partial charge in [0.25, 0.3) is 0 Å². The van der Waals surface area contributed by atoms with Crippen LogP contribution in [0.2, 0.25) is 0 Å². The average Bonchev–Trinajstić information content (AvgIpc) is 2.90. The van der Waals surface area contributed by atoms with E-state index in [1.54, 1.807) is 6.07 Å². The standard InChI is InChI=1S/C17H25FN2/c18-16-7-4-6-15-14(16)8-9-17(15)19-10-5-13-20-11-2-1-3-12-20/h4,6-7,17,19H,1-3,5,8-13H2. The van der Waals surface area contributed by atoms with Gasteiger partial charge < -0.3 is 10.2 Å². The first-order valence-corrected chi connectivity index (χ1v) is 8.07. The van der Waals surface area contributed by atoms with Crippen LogP contribution in [0.5, 0.6) is 0 Å². The van der Waals surface area contributed by atoms with Crippen molar-refractivity contribution in [2.24, 2.45) is 0 Å². The van der Waals surface area contributed by atoms with Crippen molar-refractivity contribution in [2.75, 3.05) is 26.2 Å². The minimum Gasteiger partial charge on any atom is -0.310 e. The Kier molecular flexibility index (Phi) is 4.69. The van der Waals surface area contributed by atoms with Gasteiger partial charge in [0.1, 0.15) is 5.82 Å². The van der Waals surface area contributed by atoms with Crippen LogP contribution in [0.25, 0.3) is 0 Å². The Balaban J connectivity index is 1.43. The molecule has 1 saturated heterocycles. The van der Waals surface area contributed by atoms with Crippen molar-refractivity contribution in [3.05, 3.63) is 35.1 Å². The molecule has 2 aliphatic rings. The summed E-state index contributed by atoms with van der Waals surface area (Å²) >= 11 is 0. The monoisotopic (exact) mass is 276 g/mol. The van der Waals surface area contributed by atoms with E-state index in [1.807, 2.05) is 6.07 Å². The summed E-state index contributed by atoms with van der Waals surface area (Å²) in [5.74, 6) is -0.0277. The van der Waals surface area contributed by atoms with Gasteiger partial charge in [0, 0.05) is 6.04 Å². The first-order chi connectivity index (χ1) is 9.84. The molecule has 0 radical (unpaired) electrons. The maximum absolute atomic E-state index is 13.7. The molecule has 0 amide bonds. The SMILES string of the molecule is Fc1cccc2c1CCC2NCCCN1CCCCC1. The van der Waals surface area contributed by atoms with Gasteiger partial charge >= 0.3 is 0 Å². The van der Waals surface area contributed by atoms with E-state index in [0.717, 1.165) is 24.9 Å². The molecule has 3 heteroatoms. The van der Waals surface area contributed by atoms with Crippen molar-refractivity contribution in [3.8, 4) is 0 Å². The zero-order valence-corrected chi connectivity index (χ0v) is 12.2. The third-order valence-electron chi connectivity index (χ3n) is 4.70. The van der Waals surface area contributed by atoms with Crippen molar-refractivity contribution >= 4 is 0 Å². The highest BCUT2D eigenvalue weighted by atomic mass is 19.1. The lowest BCUT2D eigenvalue weighted by Crippen LogP contribution is -2.32. The van der Waals surface area contributed by atoms with Gasteiger partial charge in [-0.25, -0.2) is 4.39 Å². The van der Waals surface area contributed by atoms with Gasteiger partial charge in [0.15, 0.2) is 0 Å². The van der Waals surface area contributed by atoms with Gasteiger partial charge in [-0.15, -0.1) is 0 Å². The zero-order valence-electron chi connectivity index (χ0n) is 12.2. The number of hydrogen-bond donors (Lipinski definition) is 1. The number of fused-ring (bicyclic) bond motifs is 1. The van der Waals surface area contributed by atoms with Gasteiger partial charge in [-0.2, -0.15) is 0 Å². The van der Waals surface area contributed by atoms with Crippen LogP contribution in [-0.4, -0.2) is 31.1 Å². The second kappa shape index (κ2) is 6.68. The van der Waals surface area contributed by atoms with Gasteiger partial charge in [0.2, 0.25) is 0 Å². The summed E-state index contributed by atoms with van der Waals surface area (Å²) in [7, 11) is 0. The van der Waals surface area contributed by atoms with Crippen LogP contribution in [0.4, 0.5) is 4.39 Å². The van der Waals surface area contributed by atoms with Crippen LogP contribution >= 0.6 is 0 Å². The molecular formula is C17H25FN2. The zero-order chi connectivity index (χ0) is 13.8. The van der Waals surface area contributed by atoms with Crippen molar-refractivity contribution in [1.29, 1.82) is 0 Å². The number of nitrogens with zero attached hydrogens (tertiary/aromatic N) is 1. The minimum atomic E-state index is -0.0277. The largest absolute Gasteiger partial charge is 0.310 e. The number of benzene rings is 1. The predicted molar refractivity (Wildman–Crippen MR) is 80.4 cm³/mol. The average molecular weight is 276 g/mol. The fourth-order valence-corrected chi connectivity index (χ4v) is 3.58. The smallest absolute Gasteiger partial charge is 0.126 e. The van der Waals surface area contributed by atoms with Gasteiger partial charge in [-0.1, -0.05) is 18.6 Å². The summed E-state index contributed by atoms with van der Waals surface area (Å²) in [5, 5.41) is 3.61. The van der Waals surface area contributed by atoms with Crippen LogP contribution in [0.1, 0.15) is 49.3 Å². The lowest BCUT2D eigenvalue weighted by Gasteiger charge is -2.26. The second-order valence-electron chi connectivity index (χ2n) is 6.11. The number of piperidine rings is 1. The van der Waals surface area contributed by atoms with Crippen LogP contribution in [0, 0.1) is 5.82 Å². The van der Waals surface area contributed by atoms with E-state index >= 15 is 0 Å². The highest BCUT2D eigenvalue weighted by Gasteiger charge is 2.24. The van der Waals surface area contributed by atoms with Crippen molar-refractivity contribution < 1.29 is 4.39 Å². The summed E-state index contributed by atoms with van der Waals surface area (Å²) in [4.78, 5) is 2.58. The number of halogens is 1. The molecule has 1 unspecified atom stereocenters. The van der Waals surface area contributed by atoms with Crippen LogP contribution < -0.4 is 5.32 Å². The molecule has 1 fully saturated rings. The molecule has 1 N–H and O–H groups in total. The quantitative estimate of drug-likeness (QED) is 0.830. The van der Waals surface area contributed by atoms with Gasteiger partial charge in [-0.3, -0.25) is 0 Å². The maximum atomic E-state index is 13.7. The van der Waals surface area contributed by atoms with Gasteiger partial charge in [-0.05, 0) is 75.5 Å². The van der Waals surface area contributed by atoms with Gasteiger partial charge in [0.05, 0.1) is 0 Å². The molecule has 1 heterocycles. The summed E-state index contributed by atoms with van der Waals surface area (Å²) in [6, 6.07) is 5.86. The molecular weight excluding hydrogens is 251 g/mol. The number of rotatable bonds is 5. The topological polar surface area (TPSA) is 15.3 Å². The fourth-order valence-electron chi connectivity index (χ4n) is 3.58. The molecule has 0 spiro atoms. The van der Waals surface area contributed by atoms with Crippen molar-refractivity contribution in [2.45, 2.75) is 44.6 Å². The molecule has 1 atom stereocenters. The minimum absolute atomic E-state index is 0.0277. The molecule has 110 valence electrons. The summed E-state index contributed by atoms with van der Waals surface area (Å²) in [5.41, 5.74) is 2.11. The molecule has 1 aromatic carbocycles. The molecule has 0 bridgehead atoms. The molecule has 0 aromatic heterocycles. The Labute approximate surface area is 121 Å². The van der Waals surface area contributed by atoms with E-state index in [0.29, 0.717) is 6.04 Å². The van der Waals surface area contributed by atoms with E-state index in [-0.39, 0.29) is 5.82 Å². The lowest BCUT2D eigenvalue weighted by molar-refractivity contribution is 0.225. The highest BCUT2D eigenvalue weighted by molar-refractivity contribution is 5.35. The predicted octanol–water partition coefficient (Wildman–Crippen LogP) is 3.28. The van der Waals surface area contributed by atoms with Crippen molar-refractivity contribution in [3.63, 3.8) is 0 Å². The first-order valence-electron chi connectivity index (χ1n) is 8.07. The van der Waals surface area contributed by atoms with Crippen LogP contribution in [-0.2, 0) is 6.42 Å². The lowest BCUT2D eigenvalue weighted by atomic mass is 10.1. The van der Waals surface area contributed by atoms with E-state index in [1.165, 1.54) is 50.9 Å². The molecule has 1 aliphatic carbocycles. The molecule has 3 rings (SSSR count). The third-order valence-corrected chi connectivity index (χ3v) is 4.70. The summed E-state index contributed by atoms with van der Waals surface area (Å²) < 4.78 is 13.7. The van der Waals surface area contributed by atoms with E-state index in [9.17, 15) is 4.39 Å². The number of nitrogens with one attached hydrogen (secondary N) is 1. The maximum Gasteiger partial charge on any atom is 0.126 e. The second-order valence-corrected chi connectivity index (χ2v) is 6.11. The first kappa shape index (κ1) is 14.0. The van der Waals surface area contributed by atoms with Crippen LogP contribution in [0.3, 0.4) is 0 Å². The Morgan fingerprint density at radius 3 is 2.90 bits per heavy atom. The van der Waals surface area contributed by atoms with E-state index < -0.39 is 0 Å².